The third-order valence-electron chi connectivity index (χ3n) is 5.42. The Kier molecular flexibility index (Phi) is 9.87. The van der Waals surface area contributed by atoms with Crippen molar-refractivity contribution >= 4 is 33.8 Å². The molecule has 1 amide bonds. The summed E-state index contributed by atoms with van der Waals surface area (Å²) in [6.45, 7) is 1.07. The van der Waals surface area contributed by atoms with Crippen molar-refractivity contribution in [3.8, 4) is 17.2 Å². The van der Waals surface area contributed by atoms with Crippen LogP contribution in [0.1, 0.15) is 11.1 Å². The number of nitrogens with zero attached hydrogens (tertiary/aromatic N) is 2. The highest BCUT2D eigenvalue weighted by molar-refractivity contribution is 7.92. The van der Waals surface area contributed by atoms with Gasteiger partial charge in [-0.1, -0.05) is 17.7 Å². The molecule has 0 heterocycles. The molecule has 3 aromatic rings. The summed E-state index contributed by atoms with van der Waals surface area (Å²) in [7, 11) is 0.0350. The maximum absolute atomic E-state index is 13.6. The lowest BCUT2D eigenvalue weighted by atomic mass is 10.2. The predicted octanol–water partition coefficient (Wildman–Crippen LogP) is 2.91. The lowest BCUT2D eigenvalue weighted by molar-refractivity contribution is -0.142. The number of nitrogens with one attached hydrogen (secondary N) is 1. The van der Waals surface area contributed by atoms with Gasteiger partial charge in [-0.2, -0.15) is 5.10 Å². The molecule has 206 valence electrons. The van der Waals surface area contributed by atoms with Crippen LogP contribution in [0.2, 0.25) is 0 Å². The number of amides is 1. The van der Waals surface area contributed by atoms with Crippen molar-refractivity contribution < 1.29 is 37.0 Å². The van der Waals surface area contributed by atoms with Gasteiger partial charge in [-0.3, -0.25) is 9.10 Å². The van der Waals surface area contributed by atoms with E-state index in [4.69, 9.17) is 14.2 Å². The van der Waals surface area contributed by atoms with Gasteiger partial charge in [0.15, 0.2) is 18.1 Å². The molecular weight excluding hydrogens is 526 g/mol. The first kappa shape index (κ1) is 29.0. The molecule has 0 aliphatic carbocycles. The second kappa shape index (κ2) is 13.3. The molecule has 3 rings (SSSR count). The van der Waals surface area contributed by atoms with Gasteiger partial charge in [0.1, 0.15) is 12.3 Å². The summed E-state index contributed by atoms with van der Waals surface area (Å²) >= 11 is 0. The zero-order valence-electron chi connectivity index (χ0n) is 21.9. The minimum Gasteiger partial charge on any atom is -0.493 e. The molecule has 39 heavy (non-hydrogen) atoms. The number of anilines is 1. The zero-order valence-corrected chi connectivity index (χ0v) is 22.7. The van der Waals surface area contributed by atoms with Crippen LogP contribution in [0.3, 0.4) is 0 Å². The monoisotopic (exact) mass is 555 g/mol. The van der Waals surface area contributed by atoms with Crippen LogP contribution in [-0.4, -0.2) is 61.0 Å². The van der Waals surface area contributed by atoms with Gasteiger partial charge in [0.05, 0.1) is 38.1 Å². The summed E-state index contributed by atoms with van der Waals surface area (Å²) in [6.07, 6.45) is 1.39. The Bertz CT molecular complexity index is 1420. The van der Waals surface area contributed by atoms with Crippen LogP contribution >= 0.6 is 0 Å². The molecule has 3 aromatic carbocycles. The first-order valence-corrected chi connectivity index (χ1v) is 13.0. The Balaban J connectivity index is 1.78. The van der Waals surface area contributed by atoms with Crippen molar-refractivity contribution in [3.05, 3.63) is 77.9 Å². The molecule has 0 saturated carbocycles. The van der Waals surface area contributed by atoms with Gasteiger partial charge in [0.2, 0.25) is 0 Å². The lowest BCUT2D eigenvalue weighted by Crippen LogP contribution is -2.39. The lowest BCUT2D eigenvalue weighted by Gasteiger charge is -2.24. The van der Waals surface area contributed by atoms with Crippen molar-refractivity contribution in [2.75, 3.05) is 38.8 Å². The summed E-state index contributed by atoms with van der Waals surface area (Å²) < 4.78 is 48.5. The Morgan fingerprint density at radius 1 is 0.923 bits per heavy atom. The fourth-order valence-corrected chi connectivity index (χ4v) is 4.74. The van der Waals surface area contributed by atoms with Crippen LogP contribution in [0.25, 0.3) is 0 Å². The van der Waals surface area contributed by atoms with Gasteiger partial charge in [-0.15, -0.1) is 0 Å². The average molecular weight is 556 g/mol. The van der Waals surface area contributed by atoms with Gasteiger partial charge >= 0.3 is 5.97 Å². The maximum Gasteiger partial charge on any atom is 0.343 e. The summed E-state index contributed by atoms with van der Waals surface area (Å²) in [5, 5.41) is 3.93. The molecular formula is C27H29N3O8S. The number of carbonyl (C=O) groups is 2. The number of sulfonamides is 1. The second-order valence-electron chi connectivity index (χ2n) is 8.09. The molecule has 1 N–H and O–H groups in total. The number of benzene rings is 3. The number of methoxy groups -OCH3 is 3. The second-order valence-corrected chi connectivity index (χ2v) is 9.95. The van der Waals surface area contributed by atoms with Crippen LogP contribution in [0, 0.1) is 6.92 Å². The molecule has 11 nitrogen and oxygen atoms in total. The SMILES string of the molecule is COC(=O)COc1ccc(/C=N\NC(=O)CN(c2ccc(OC)c(OC)c2)S(=O)(=O)c2ccc(C)cc2)cc1. The van der Waals surface area contributed by atoms with E-state index in [0.29, 0.717) is 22.8 Å². The van der Waals surface area contributed by atoms with Crippen LogP contribution in [0.15, 0.2) is 76.7 Å². The van der Waals surface area contributed by atoms with Crippen molar-refractivity contribution in [2.45, 2.75) is 11.8 Å². The highest BCUT2D eigenvalue weighted by Gasteiger charge is 2.28. The minimum atomic E-state index is -4.13. The highest BCUT2D eigenvalue weighted by atomic mass is 32.2. The number of hydrogen-bond donors (Lipinski definition) is 1. The zero-order chi connectivity index (χ0) is 28.4. The fraction of sp³-hybridized carbons (Fsp3) is 0.222. The molecule has 12 heteroatoms. The van der Waals surface area contributed by atoms with Crippen molar-refractivity contribution in [3.63, 3.8) is 0 Å². The van der Waals surface area contributed by atoms with Crippen molar-refractivity contribution in [1.29, 1.82) is 0 Å². The summed E-state index contributed by atoms with van der Waals surface area (Å²) in [5.41, 5.74) is 4.08. The van der Waals surface area contributed by atoms with E-state index < -0.39 is 28.4 Å². The quantitative estimate of drug-likeness (QED) is 0.205. The molecule has 0 saturated heterocycles. The molecule has 0 atom stereocenters. The Hall–Kier alpha value is -4.58. The van der Waals surface area contributed by atoms with E-state index in [-0.39, 0.29) is 17.2 Å². The Labute approximate surface area is 227 Å². The highest BCUT2D eigenvalue weighted by Crippen LogP contribution is 2.33. The average Bonchev–Trinajstić information content (AvgIpc) is 2.95. The number of carbonyl (C=O) groups excluding carboxylic acids is 2. The number of ether oxygens (including phenoxy) is 4. The minimum absolute atomic E-state index is 0.0219. The summed E-state index contributed by atoms with van der Waals surface area (Å²) in [4.78, 5) is 24.0. The third kappa shape index (κ3) is 7.71. The predicted molar refractivity (Wildman–Crippen MR) is 145 cm³/mol. The molecule has 0 aliphatic heterocycles. The molecule has 0 bridgehead atoms. The topological polar surface area (TPSA) is 133 Å². The number of hydrogen-bond acceptors (Lipinski definition) is 9. The summed E-state index contributed by atoms with van der Waals surface area (Å²) in [5.74, 6) is -0.0145. The van der Waals surface area contributed by atoms with Crippen LogP contribution in [-0.2, 0) is 24.3 Å². The Morgan fingerprint density at radius 3 is 2.21 bits per heavy atom. The number of esters is 1. The normalized spacial score (nSPS) is 11.1. The molecule has 0 unspecified atom stereocenters. The number of rotatable bonds is 12. The van der Waals surface area contributed by atoms with E-state index in [1.54, 1.807) is 42.5 Å². The van der Waals surface area contributed by atoms with Gasteiger partial charge in [0.25, 0.3) is 15.9 Å². The number of aryl methyl sites for hydroxylation is 1. The molecule has 0 spiro atoms. The van der Waals surface area contributed by atoms with Gasteiger partial charge < -0.3 is 18.9 Å². The Morgan fingerprint density at radius 2 is 1.59 bits per heavy atom. The standard InChI is InChI=1S/C27H29N3O8S/c1-19-5-12-23(13-6-19)39(33,34)30(21-9-14-24(35-2)25(15-21)36-3)17-26(31)29-28-16-20-7-10-22(11-8-20)38-18-27(32)37-4/h5-16H,17-18H2,1-4H3,(H,29,31)/b28-16-. The van der Waals surface area contributed by atoms with E-state index in [1.807, 2.05) is 6.92 Å². The van der Waals surface area contributed by atoms with E-state index in [0.717, 1.165) is 9.87 Å². The van der Waals surface area contributed by atoms with Gasteiger partial charge in [-0.05, 0) is 61.0 Å². The van der Waals surface area contributed by atoms with Gasteiger partial charge in [-0.25, -0.2) is 18.6 Å². The first-order valence-electron chi connectivity index (χ1n) is 11.6. The maximum atomic E-state index is 13.6. The molecule has 0 radical (unpaired) electrons. The fourth-order valence-electron chi connectivity index (χ4n) is 3.33. The summed E-state index contributed by atoms with van der Waals surface area (Å²) in [6, 6.07) is 17.4. The van der Waals surface area contributed by atoms with Crippen LogP contribution < -0.4 is 23.9 Å². The first-order chi connectivity index (χ1) is 18.7. The number of hydrazone groups is 1. The van der Waals surface area contributed by atoms with E-state index in [9.17, 15) is 18.0 Å². The smallest absolute Gasteiger partial charge is 0.343 e. The molecule has 0 fully saturated rings. The van der Waals surface area contributed by atoms with Crippen LogP contribution in [0.4, 0.5) is 5.69 Å². The van der Waals surface area contributed by atoms with E-state index in [2.05, 4.69) is 15.3 Å². The van der Waals surface area contributed by atoms with Crippen molar-refractivity contribution in [2.24, 2.45) is 5.10 Å². The molecule has 0 aromatic heterocycles. The van der Waals surface area contributed by atoms with E-state index >= 15 is 0 Å². The van der Waals surface area contributed by atoms with Gasteiger partial charge in [0, 0.05) is 6.07 Å². The van der Waals surface area contributed by atoms with E-state index in [1.165, 1.54) is 51.8 Å². The van der Waals surface area contributed by atoms with Crippen molar-refractivity contribution in [1.82, 2.24) is 5.43 Å². The third-order valence-corrected chi connectivity index (χ3v) is 7.21. The largest absolute Gasteiger partial charge is 0.493 e. The van der Waals surface area contributed by atoms with Crippen LogP contribution in [0.5, 0.6) is 17.2 Å². The molecule has 0 aliphatic rings.